The summed E-state index contributed by atoms with van der Waals surface area (Å²) in [5, 5.41) is 1.46. The topological polar surface area (TPSA) is 29.0 Å². The van der Waals surface area contributed by atoms with E-state index < -0.39 is 0 Å². The molecule has 0 aliphatic rings. The highest BCUT2D eigenvalue weighted by Crippen LogP contribution is 2.42. The summed E-state index contributed by atoms with van der Waals surface area (Å²) >= 11 is 7.96. The van der Waals surface area contributed by atoms with Crippen LogP contribution in [0.5, 0.6) is 0 Å². The van der Waals surface area contributed by atoms with Crippen LogP contribution in [0.3, 0.4) is 0 Å². The van der Waals surface area contributed by atoms with Crippen molar-refractivity contribution in [2.75, 3.05) is 18.0 Å². The molecule has 1 aromatic carbocycles. The molecule has 0 unspecified atom stereocenters. The highest BCUT2D eigenvalue weighted by Gasteiger charge is 2.21. The first kappa shape index (κ1) is 18.2. The number of aryl methyl sites for hydroxylation is 2. The van der Waals surface area contributed by atoms with Gasteiger partial charge in [0.2, 0.25) is 5.28 Å². The average molecular weight is 374 g/mol. The van der Waals surface area contributed by atoms with Crippen molar-refractivity contribution in [2.24, 2.45) is 0 Å². The van der Waals surface area contributed by atoms with Gasteiger partial charge in [0.1, 0.15) is 10.6 Å². The molecule has 0 amide bonds. The van der Waals surface area contributed by atoms with E-state index in [0.717, 1.165) is 42.0 Å². The van der Waals surface area contributed by atoms with Gasteiger partial charge < -0.3 is 4.90 Å². The Morgan fingerprint density at radius 3 is 2.20 bits per heavy atom. The summed E-state index contributed by atoms with van der Waals surface area (Å²) in [5.41, 5.74) is 3.85. The quantitative estimate of drug-likeness (QED) is 0.497. The molecule has 0 saturated carbocycles. The van der Waals surface area contributed by atoms with Crippen molar-refractivity contribution in [2.45, 2.75) is 40.5 Å². The van der Waals surface area contributed by atoms with Gasteiger partial charge in [-0.1, -0.05) is 38.1 Å². The van der Waals surface area contributed by atoms with Crippen LogP contribution in [0.25, 0.3) is 21.3 Å². The van der Waals surface area contributed by atoms with Gasteiger partial charge >= 0.3 is 0 Å². The molecule has 2 heterocycles. The van der Waals surface area contributed by atoms with E-state index in [2.05, 4.69) is 66.8 Å². The third kappa shape index (κ3) is 3.38. The van der Waals surface area contributed by atoms with E-state index in [1.165, 1.54) is 21.6 Å². The summed E-state index contributed by atoms with van der Waals surface area (Å²) in [6.45, 7) is 10.5. The minimum absolute atomic E-state index is 0.325. The predicted octanol–water partition coefficient (Wildman–Crippen LogP) is 5.98. The third-order valence-corrected chi connectivity index (χ3v) is 6.01. The van der Waals surface area contributed by atoms with Crippen LogP contribution in [-0.2, 0) is 12.8 Å². The standard InChI is InChI=1S/C20H24ClN3S/c1-5-13-9-11-14(12-10-13)16-15(6-2)25-19-17(16)18(22-20(21)23-19)24(7-3)8-4/h9-12H,5-8H2,1-4H3. The SMILES string of the molecule is CCc1ccc(-c2c(CC)sc3nc(Cl)nc(N(CC)CC)c23)cc1. The maximum absolute atomic E-state index is 6.23. The van der Waals surface area contributed by atoms with Gasteiger partial charge in [-0.15, -0.1) is 11.3 Å². The average Bonchev–Trinajstić information content (AvgIpc) is 3.01. The Morgan fingerprint density at radius 1 is 0.960 bits per heavy atom. The number of halogens is 1. The second kappa shape index (κ2) is 7.71. The van der Waals surface area contributed by atoms with Gasteiger partial charge in [0.15, 0.2) is 0 Å². The Balaban J connectivity index is 2.31. The first-order valence-electron chi connectivity index (χ1n) is 8.95. The highest BCUT2D eigenvalue weighted by atomic mass is 35.5. The summed E-state index contributed by atoms with van der Waals surface area (Å²) in [6.07, 6.45) is 2.02. The normalized spacial score (nSPS) is 11.2. The lowest BCUT2D eigenvalue weighted by Crippen LogP contribution is -2.23. The molecule has 3 aromatic rings. The lowest BCUT2D eigenvalue weighted by Gasteiger charge is -2.21. The van der Waals surface area contributed by atoms with Crippen LogP contribution in [0.2, 0.25) is 5.28 Å². The van der Waals surface area contributed by atoms with Gasteiger partial charge in [0.05, 0.1) is 5.39 Å². The second-order valence-electron chi connectivity index (χ2n) is 5.97. The van der Waals surface area contributed by atoms with E-state index in [-0.39, 0.29) is 0 Å². The minimum Gasteiger partial charge on any atom is -0.356 e. The summed E-state index contributed by atoms with van der Waals surface area (Å²) in [7, 11) is 0. The van der Waals surface area contributed by atoms with Crippen LogP contribution >= 0.6 is 22.9 Å². The summed E-state index contributed by atoms with van der Waals surface area (Å²) in [5.74, 6) is 0.950. The molecule has 3 rings (SSSR count). The maximum atomic E-state index is 6.23. The van der Waals surface area contributed by atoms with E-state index in [1.54, 1.807) is 11.3 Å². The molecule has 0 aliphatic heterocycles. The van der Waals surface area contributed by atoms with Gasteiger partial charge in [0.25, 0.3) is 0 Å². The lowest BCUT2D eigenvalue weighted by molar-refractivity contribution is 0.849. The van der Waals surface area contributed by atoms with Gasteiger partial charge in [-0.3, -0.25) is 0 Å². The third-order valence-electron chi connectivity index (χ3n) is 4.61. The summed E-state index contributed by atoms with van der Waals surface area (Å²) < 4.78 is 0. The minimum atomic E-state index is 0.325. The largest absolute Gasteiger partial charge is 0.356 e. The maximum Gasteiger partial charge on any atom is 0.225 e. The Hall–Kier alpha value is -1.65. The van der Waals surface area contributed by atoms with Crippen LogP contribution in [0.4, 0.5) is 5.82 Å². The predicted molar refractivity (Wildman–Crippen MR) is 110 cm³/mol. The fraction of sp³-hybridized carbons (Fsp3) is 0.400. The number of hydrogen-bond donors (Lipinski definition) is 0. The molecule has 3 nitrogen and oxygen atoms in total. The number of fused-ring (bicyclic) bond motifs is 1. The smallest absolute Gasteiger partial charge is 0.225 e. The monoisotopic (exact) mass is 373 g/mol. The van der Waals surface area contributed by atoms with Gasteiger partial charge in [-0.05, 0) is 49.4 Å². The molecule has 0 radical (unpaired) electrons. The molecular formula is C20H24ClN3S. The number of hydrogen-bond acceptors (Lipinski definition) is 4. The fourth-order valence-corrected chi connectivity index (χ4v) is 4.56. The van der Waals surface area contributed by atoms with Crippen molar-refractivity contribution in [3.8, 4) is 11.1 Å². The highest BCUT2D eigenvalue weighted by molar-refractivity contribution is 7.19. The zero-order chi connectivity index (χ0) is 18.0. The van der Waals surface area contributed by atoms with Crippen molar-refractivity contribution in [1.29, 1.82) is 0 Å². The number of nitrogens with zero attached hydrogens (tertiary/aromatic N) is 3. The zero-order valence-electron chi connectivity index (χ0n) is 15.3. The summed E-state index contributed by atoms with van der Waals surface area (Å²) in [4.78, 5) is 13.7. The summed E-state index contributed by atoms with van der Waals surface area (Å²) in [6, 6.07) is 8.87. The molecule has 5 heteroatoms. The zero-order valence-corrected chi connectivity index (χ0v) is 16.8. The van der Waals surface area contributed by atoms with Crippen molar-refractivity contribution in [1.82, 2.24) is 9.97 Å². The molecule has 25 heavy (non-hydrogen) atoms. The Labute approximate surface area is 158 Å². The molecule has 0 N–H and O–H groups in total. The number of aromatic nitrogens is 2. The Kier molecular flexibility index (Phi) is 5.60. The van der Waals surface area contributed by atoms with Gasteiger partial charge in [-0.2, -0.15) is 4.98 Å². The van der Waals surface area contributed by atoms with Crippen LogP contribution in [0, 0.1) is 0 Å². The molecule has 0 aliphatic carbocycles. The number of benzene rings is 1. The fourth-order valence-electron chi connectivity index (χ4n) is 3.22. The van der Waals surface area contributed by atoms with Crippen molar-refractivity contribution >= 4 is 39.0 Å². The molecule has 0 bridgehead atoms. The number of thiophene rings is 1. The van der Waals surface area contributed by atoms with Crippen LogP contribution < -0.4 is 4.90 Å². The molecular weight excluding hydrogens is 350 g/mol. The van der Waals surface area contributed by atoms with Gasteiger partial charge in [0, 0.05) is 23.5 Å². The molecule has 2 aromatic heterocycles. The van der Waals surface area contributed by atoms with E-state index in [1.807, 2.05) is 0 Å². The van der Waals surface area contributed by atoms with Crippen LogP contribution in [0.15, 0.2) is 24.3 Å². The number of rotatable bonds is 6. The van der Waals surface area contributed by atoms with Crippen LogP contribution in [-0.4, -0.2) is 23.1 Å². The molecule has 0 atom stereocenters. The van der Waals surface area contributed by atoms with E-state index in [9.17, 15) is 0 Å². The molecule has 132 valence electrons. The molecule has 0 saturated heterocycles. The van der Waals surface area contributed by atoms with Crippen molar-refractivity contribution in [3.05, 3.63) is 40.0 Å². The van der Waals surface area contributed by atoms with Crippen molar-refractivity contribution in [3.63, 3.8) is 0 Å². The first-order chi connectivity index (χ1) is 12.1. The Morgan fingerprint density at radius 2 is 1.64 bits per heavy atom. The second-order valence-corrected chi connectivity index (χ2v) is 7.39. The van der Waals surface area contributed by atoms with Crippen LogP contribution in [0.1, 0.15) is 38.1 Å². The van der Waals surface area contributed by atoms with Crippen molar-refractivity contribution < 1.29 is 0 Å². The number of anilines is 1. The lowest BCUT2D eigenvalue weighted by atomic mass is 10.00. The first-order valence-corrected chi connectivity index (χ1v) is 10.1. The van der Waals surface area contributed by atoms with E-state index in [4.69, 9.17) is 11.6 Å². The van der Waals surface area contributed by atoms with Gasteiger partial charge in [-0.25, -0.2) is 4.98 Å². The molecule has 0 spiro atoms. The van der Waals surface area contributed by atoms with E-state index >= 15 is 0 Å². The molecule has 0 fully saturated rings. The Bertz CT molecular complexity index is 867. The van der Waals surface area contributed by atoms with E-state index in [0.29, 0.717) is 5.28 Å².